The van der Waals surface area contributed by atoms with Crippen molar-refractivity contribution in [2.45, 2.75) is 43.3 Å². The number of benzene rings is 2. The molecule has 2 aromatic heterocycles. The highest BCUT2D eigenvalue weighted by Gasteiger charge is 2.31. The molecule has 29 heavy (non-hydrogen) atoms. The Kier molecular flexibility index (Phi) is 4.90. The smallest absolute Gasteiger partial charge is 0.162 e. The number of hydrogen-bond acceptors (Lipinski definition) is 5. The van der Waals surface area contributed by atoms with Crippen molar-refractivity contribution < 1.29 is 4.74 Å². The molecule has 0 N–H and O–H groups in total. The fraction of sp³-hybridized carbons (Fsp3) is 0.250. The molecule has 4 aromatic rings. The largest absolute Gasteiger partial charge is 0.370 e. The van der Waals surface area contributed by atoms with E-state index < -0.39 is 0 Å². The number of nitrogens with zero attached hydrogens (tertiary/aromatic N) is 2. The van der Waals surface area contributed by atoms with Gasteiger partial charge in [-0.3, -0.25) is 0 Å². The van der Waals surface area contributed by atoms with Crippen LogP contribution in [0, 0.1) is 0 Å². The van der Waals surface area contributed by atoms with Gasteiger partial charge in [0.05, 0.1) is 12.2 Å². The molecule has 0 fully saturated rings. The fourth-order valence-electron chi connectivity index (χ4n) is 3.66. The third kappa shape index (κ3) is 3.82. The molecule has 0 bridgehead atoms. The maximum Gasteiger partial charge on any atom is 0.162 e. The van der Waals surface area contributed by atoms with Gasteiger partial charge < -0.3 is 4.74 Å². The third-order valence-corrected chi connectivity index (χ3v) is 7.29. The Hall–Kier alpha value is -2.21. The first-order valence-electron chi connectivity index (χ1n) is 9.77. The highest BCUT2D eigenvalue weighted by atomic mass is 32.2. The van der Waals surface area contributed by atoms with Crippen LogP contribution in [0.4, 0.5) is 0 Å². The Balaban J connectivity index is 1.63. The van der Waals surface area contributed by atoms with E-state index in [-0.39, 0.29) is 5.60 Å². The van der Waals surface area contributed by atoms with Crippen molar-refractivity contribution in [3.8, 4) is 11.4 Å². The average Bonchev–Trinajstić information content (AvgIpc) is 3.10. The van der Waals surface area contributed by atoms with Gasteiger partial charge in [-0.1, -0.05) is 60.7 Å². The van der Waals surface area contributed by atoms with Gasteiger partial charge in [0.1, 0.15) is 9.86 Å². The summed E-state index contributed by atoms with van der Waals surface area (Å²) in [6, 6.07) is 20.8. The molecular weight excluding hydrogens is 396 g/mol. The van der Waals surface area contributed by atoms with Crippen LogP contribution < -0.4 is 0 Å². The maximum absolute atomic E-state index is 6.06. The molecule has 3 heterocycles. The summed E-state index contributed by atoms with van der Waals surface area (Å²) in [4.78, 5) is 12.3. The Morgan fingerprint density at radius 3 is 2.48 bits per heavy atom. The zero-order valence-corrected chi connectivity index (χ0v) is 18.1. The van der Waals surface area contributed by atoms with Crippen molar-refractivity contribution in [1.29, 1.82) is 0 Å². The van der Waals surface area contributed by atoms with E-state index in [1.165, 1.54) is 21.4 Å². The normalized spacial score (nSPS) is 15.4. The lowest BCUT2D eigenvalue weighted by Gasteiger charge is -2.30. The van der Waals surface area contributed by atoms with Gasteiger partial charge in [0.2, 0.25) is 0 Å². The topological polar surface area (TPSA) is 35.0 Å². The van der Waals surface area contributed by atoms with E-state index in [4.69, 9.17) is 14.7 Å². The molecule has 0 atom stereocenters. The molecule has 0 saturated heterocycles. The van der Waals surface area contributed by atoms with Gasteiger partial charge in [0.15, 0.2) is 5.82 Å². The quantitative estimate of drug-likeness (QED) is 0.280. The van der Waals surface area contributed by atoms with Gasteiger partial charge in [0.25, 0.3) is 0 Å². The second-order valence-electron chi connectivity index (χ2n) is 7.90. The molecule has 0 unspecified atom stereocenters. The molecule has 1 aliphatic heterocycles. The minimum absolute atomic E-state index is 0.152. The van der Waals surface area contributed by atoms with Crippen molar-refractivity contribution >= 4 is 33.3 Å². The Bertz CT molecular complexity index is 1150. The lowest BCUT2D eigenvalue weighted by atomic mass is 9.94. The van der Waals surface area contributed by atoms with Crippen LogP contribution in [-0.4, -0.2) is 15.6 Å². The molecular formula is C24H22N2OS2. The van der Waals surface area contributed by atoms with E-state index in [9.17, 15) is 0 Å². The van der Waals surface area contributed by atoms with Crippen LogP contribution >= 0.6 is 23.1 Å². The molecule has 2 aromatic carbocycles. The number of thioether (sulfide) groups is 1. The van der Waals surface area contributed by atoms with Crippen molar-refractivity contribution in [3.05, 3.63) is 76.7 Å². The first kappa shape index (κ1) is 18.8. The molecule has 5 rings (SSSR count). The number of aromatic nitrogens is 2. The summed E-state index contributed by atoms with van der Waals surface area (Å²) >= 11 is 3.56. The van der Waals surface area contributed by atoms with Crippen LogP contribution in [0.25, 0.3) is 21.6 Å². The average molecular weight is 419 g/mol. The summed E-state index contributed by atoms with van der Waals surface area (Å²) in [6.45, 7) is 4.98. The number of thiophene rings is 1. The minimum atomic E-state index is -0.152. The number of fused-ring (bicyclic) bond motifs is 3. The molecule has 5 heteroatoms. The zero-order chi connectivity index (χ0) is 19.8. The van der Waals surface area contributed by atoms with Crippen LogP contribution in [0.15, 0.2) is 65.7 Å². The van der Waals surface area contributed by atoms with Gasteiger partial charge in [-0.05, 0) is 25.0 Å². The minimum Gasteiger partial charge on any atom is -0.370 e. The lowest BCUT2D eigenvalue weighted by molar-refractivity contribution is -0.0379. The summed E-state index contributed by atoms with van der Waals surface area (Å²) < 4.78 is 6.06. The van der Waals surface area contributed by atoms with E-state index in [0.29, 0.717) is 6.61 Å². The van der Waals surface area contributed by atoms with Crippen LogP contribution in [0.3, 0.4) is 0 Å². The van der Waals surface area contributed by atoms with Gasteiger partial charge in [-0.15, -0.1) is 23.1 Å². The van der Waals surface area contributed by atoms with Crippen LogP contribution in [0.2, 0.25) is 0 Å². The Morgan fingerprint density at radius 2 is 1.72 bits per heavy atom. The zero-order valence-electron chi connectivity index (χ0n) is 16.5. The van der Waals surface area contributed by atoms with Crippen LogP contribution in [-0.2, 0) is 23.5 Å². The van der Waals surface area contributed by atoms with Crippen LogP contribution in [0.5, 0.6) is 0 Å². The summed E-state index contributed by atoms with van der Waals surface area (Å²) in [5.74, 6) is 1.69. The van der Waals surface area contributed by atoms with Crippen LogP contribution in [0.1, 0.15) is 29.9 Å². The fourth-order valence-corrected chi connectivity index (χ4v) is 5.84. The lowest BCUT2D eigenvalue weighted by Crippen LogP contribution is -2.31. The monoisotopic (exact) mass is 418 g/mol. The molecule has 0 saturated carbocycles. The Morgan fingerprint density at radius 1 is 1.00 bits per heavy atom. The first-order valence-corrected chi connectivity index (χ1v) is 11.6. The molecule has 0 amide bonds. The molecule has 0 aliphatic carbocycles. The van der Waals surface area contributed by atoms with E-state index in [1.54, 1.807) is 23.1 Å². The summed E-state index contributed by atoms with van der Waals surface area (Å²) in [5.41, 5.74) is 3.58. The van der Waals surface area contributed by atoms with Crippen molar-refractivity contribution in [1.82, 2.24) is 9.97 Å². The summed E-state index contributed by atoms with van der Waals surface area (Å²) in [6.07, 6.45) is 0.898. The molecule has 0 radical (unpaired) electrons. The molecule has 1 aliphatic rings. The van der Waals surface area contributed by atoms with Crippen molar-refractivity contribution in [3.63, 3.8) is 0 Å². The second kappa shape index (κ2) is 7.56. The van der Waals surface area contributed by atoms with E-state index in [0.717, 1.165) is 33.4 Å². The number of ether oxygens (including phenoxy) is 1. The Labute approximate surface area is 179 Å². The van der Waals surface area contributed by atoms with Crippen molar-refractivity contribution in [2.24, 2.45) is 0 Å². The summed E-state index contributed by atoms with van der Waals surface area (Å²) in [7, 11) is 0. The first-order chi connectivity index (χ1) is 14.1. The predicted octanol–water partition coefficient (Wildman–Crippen LogP) is 6.50. The number of rotatable bonds is 4. The van der Waals surface area contributed by atoms with Gasteiger partial charge in [-0.2, -0.15) is 0 Å². The molecule has 0 spiro atoms. The molecule has 3 nitrogen and oxygen atoms in total. The number of hydrogen-bond donors (Lipinski definition) is 0. The van der Waals surface area contributed by atoms with Gasteiger partial charge in [0, 0.05) is 28.0 Å². The highest BCUT2D eigenvalue weighted by Crippen LogP contribution is 2.42. The van der Waals surface area contributed by atoms with Crippen molar-refractivity contribution in [2.75, 3.05) is 0 Å². The standard InChI is InChI=1S/C24H22N2OS2/c1-24(2)13-18-19(14-27-24)29-23-20(18)22(28-15-16-9-5-3-6-10-16)25-21(26-23)17-11-7-4-8-12-17/h3-12H,13-15H2,1-2H3. The SMILES string of the molecule is CC1(C)Cc2c(sc3nc(-c4ccccc4)nc(SCc4ccccc4)c23)CO1. The van der Waals surface area contributed by atoms with E-state index in [2.05, 4.69) is 56.3 Å². The second-order valence-corrected chi connectivity index (χ2v) is 9.95. The van der Waals surface area contributed by atoms with Gasteiger partial charge >= 0.3 is 0 Å². The van der Waals surface area contributed by atoms with Gasteiger partial charge in [-0.25, -0.2) is 9.97 Å². The van der Waals surface area contributed by atoms with E-state index in [1.807, 2.05) is 18.2 Å². The predicted molar refractivity (Wildman–Crippen MR) is 121 cm³/mol. The maximum atomic E-state index is 6.06. The molecule has 146 valence electrons. The van der Waals surface area contributed by atoms with E-state index >= 15 is 0 Å². The summed E-state index contributed by atoms with van der Waals surface area (Å²) in [5, 5.41) is 2.30. The third-order valence-electron chi connectivity index (χ3n) is 5.15. The highest BCUT2D eigenvalue weighted by molar-refractivity contribution is 7.98.